The van der Waals surface area contributed by atoms with Crippen LogP contribution in [0.1, 0.15) is 5.56 Å². The molecule has 0 N–H and O–H groups in total. The second kappa shape index (κ2) is 4.53. The van der Waals surface area contributed by atoms with Crippen molar-refractivity contribution >= 4 is 10.9 Å². The second-order valence-corrected chi connectivity index (χ2v) is 6.17. The van der Waals surface area contributed by atoms with Crippen molar-refractivity contribution in [3.63, 3.8) is 0 Å². The summed E-state index contributed by atoms with van der Waals surface area (Å²) in [5.41, 5.74) is 9.79. The van der Waals surface area contributed by atoms with Crippen LogP contribution in [0.5, 0.6) is 0 Å². The maximum Gasteiger partial charge on any atom is 0.0722 e. The summed E-state index contributed by atoms with van der Waals surface area (Å²) in [6.45, 7) is 2.11. The van der Waals surface area contributed by atoms with Crippen molar-refractivity contribution in [3.05, 3.63) is 78.4 Å². The molecule has 0 spiro atoms. The summed E-state index contributed by atoms with van der Waals surface area (Å²) in [5, 5.41) is 1.28. The van der Waals surface area contributed by atoms with Crippen molar-refractivity contribution in [3.8, 4) is 33.5 Å². The first-order chi connectivity index (χ1) is 11.3. The van der Waals surface area contributed by atoms with Crippen molar-refractivity contribution in [1.82, 2.24) is 4.98 Å². The molecule has 1 heterocycles. The Morgan fingerprint density at radius 1 is 0.652 bits per heavy atom. The fraction of sp³-hybridized carbons (Fsp3) is 0.0455. The van der Waals surface area contributed by atoms with Crippen LogP contribution in [0.3, 0.4) is 0 Å². The Hall–Kier alpha value is -2.93. The van der Waals surface area contributed by atoms with Gasteiger partial charge in [-0.1, -0.05) is 66.2 Å². The molecule has 23 heavy (non-hydrogen) atoms. The smallest absolute Gasteiger partial charge is 0.0722 e. The number of hydrogen-bond donors (Lipinski definition) is 0. The summed E-state index contributed by atoms with van der Waals surface area (Å²) in [4.78, 5) is 4.92. The fourth-order valence-electron chi connectivity index (χ4n) is 3.55. The molecule has 0 radical (unpaired) electrons. The molecule has 0 saturated carbocycles. The molecule has 0 amide bonds. The normalized spacial score (nSPS) is 11.7. The van der Waals surface area contributed by atoms with E-state index in [0.29, 0.717) is 0 Å². The van der Waals surface area contributed by atoms with Crippen LogP contribution in [0.25, 0.3) is 44.4 Å². The van der Waals surface area contributed by atoms with E-state index in [0.717, 1.165) is 11.2 Å². The van der Waals surface area contributed by atoms with Crippen LogP contribution < -0.4 is 0 Å². The maximum atomic E-state index is 4.92. The third kappa shape index (κ3) is 1.77. The molecule has 1 aromatic heterocycles. The van der Waals surface area contributed by atoms with E-state index < -0.39 is 0 Å². The van der Waals surface area contributed by atoms with Crippen LogP contribution in [-0.2, 0) is 0 Å². The molecule has 0 aliphatic heterocycles. The average molecular weight is 293 g/mol. The molecule has 0 atom stereocenters. The Bertz CT molecular complexity index is 1060. The number of aryl methyl sites for hydroxylation is 1. The quantitative estimate of drug-likeness (QED) is 0.377. The summed E-state index contributed by atoms with van der Waals surface area (Å²) in [6, 6.07) is 25.9. The zero-order valence-corrected chi connectivity index (χ0v) is 12.9. The van der Waals surface area contributed by atoms with E-state index in [4.69, 9.17) is 4.98 Å². The van der Waals surface area contributed by atoms with Crippen LogP contribution in [0.15, 0.2) is 72.8 Å². The highest BCUT2D eigenvalue weighted by atomic mass is 14.7. The summed E-state index contributed by atoms with van der Waals surface area (Å²) >= 11 is 0. The van der Waals surface area contributed by atoms with Gasteiger partial charge in [0, 0.05) is 10.9 Å². The van der Waals surface area contributed by atoms with Crippen LogP contribution >= 0.6 is 0 Å². The van der Waals surface area contributed by atoms with E-state index in [1.54, 1.807) is 0 Å². The number of aromatic nitrogens is 1. The highest BCUT2D eigenvalue weighted by Gasteiger charge is 2.22. The third-order valence-electron chi connectivity index (χ3n) is 4.69. The van der Waals surface area contributed by atoms with Gasteiger partial charge < -0.3 is 0 Å². The largest absolute Gasteiger partial charge is 0.248 e. The Labute approximate surface area is 135 Å². The van der Waals surface area contributed by atoms with Gasteiger partial charge in [-0.2, -0.15) is 0 Å². The van der Waals surface area contributed by atoms with E-state index in [-0.39, 0.29) is 0 Å². The molecular formula is C22H15N. The lowest BCUT2D eigenvalue weighted by atomic mass is 10.0. The second-order valence-electron chi connectivity index (χ2n) is 6.17. The minimum Gasteiger partial charge on any atom is -0.248 e. The molecule has 5 rings (SSSR count). The number of fused-ring (bicyclic) bond motifs is 3. The fourth-order valence-corrected chi connectivity index (χ4v) is 3.55. The lowest BCUT2D eigenvalue weighted by molar-refractivity contribution is 1.39. The first-order valence-electron chi connectivity index (χ1n) is 7.92. The summed E-state index contributed by atoms with van der Waals surface area (Å²) in [6.07, 6.45) is 0. The van der Waals surface area contributed by atoms with Crippen molar-refractivity contribution in [1.29, 1.82) is 0 Å². The zero-order chi connectivity index (χ0) is 15.4. The first-order valence-corrected chi connectivity index (χ1v) is 7.92. The predicted octanol–water partition coefficient (Wildman–Crippen LogP) is 5.86. The lowest BCUT2D eigenvalue weighted by Gasteiger charge is -2.07. The summed E-state index contributed by atoms with van der Waals surface area (Å²) in [7, 11) is 0. The molecule has 1 aliphatic rings. The van der Waals surface area contributed by atoms with Gasteiger partial charge in [-0.25, -0.2) is 4.98 Å². The molecule has 108 valence electrons. The van der Waals surface area contributed by atoms with Crippen molar-refractivity contribution in [2.75, 3.05) is 0 Å². The van der Waals surface area contributed by atoms with Crippen LogP contribution in [0, 0.1) is 6.92 Å². The van der Waals surface area contributed by atoms with Crippen LogP contribution in [0.4, 0.5) is 0 Å². The van der Waals surface area contributed by atoms with Gasteiger partial charge in [0.15, 0.2) is 0 Å². The average Bonchev–Trinajstić information content (AvgIpc) is 2.92. The van der Waals surface area contributed by atoms with Crippen LogP contribution in [0.2, 0.25) is 0 Å². The maximum absolute atomic E-state index is 4.92. The van der Waals surface area contributed by atoms with Gasteiger partial charge in [-0.05, 0) is 41.3 Å². The number of benzene rings is 3. The molecule has 0 unspecified atom stereocenters. The van der Waals surface area contributed by atoms with Gasteiger partial charge >= 0.3 is 0 Å². The molecule has 3 aromatic carbocycles. The summed E-state index contributed by atoms with van der Waals surface area (Å²) < 4.78 is 0. The topological polar surface area (TPSA) is 12.9 Å². The minimum atomic E-state index is 1.04. The lowest BCUT2D eigenvalue weighted by Crippen LogP contribution is -1.87. The first kappa shape index (κ1) is 12.6. The number of rotatable bonds is 1. The molecule has 0 saturated heterocycles. The Kier molecular flexibility index (Phi) is 2.48. The molecule has 1 aliphatic carbocycles. The molecule has 0 fully saturated rings. The Morgan fingerprint density at radius 2 is 1.35 bits per heavy atom. The van der Waals surface area contributed by atoms with Gasteiger partial charge in [0.1, 0.15) is 0 Å². The molecule has 4 aromatic rings. The molecule has 0 bridgehead atoms. The van der Waals surface area contributed by atoms with Gasteiger partial charge in [0.05, 0.1) is 11.2 Å². The molecular weight excluding hydrogens is 278 g/mol. The van der Waals surface area contributed by atoms with E-state index in [1.807, 2.05) is 0 Å². The summed E-state index contributed by atoms with van der Waals surface area (Å²) in [5.74, 6) is 0. The highest BCUT2D eigenvalue weighted by Crippen LogP contribution is 2.47. The predicted molar refractivity (Wildman–Crippen MR) is 96.3 cm³/mol. The van der Waals surface area contributed by atoms with E-state index in [9.17, 15) is 0 Å². The SMILES string of the molecule is Cc1ccc(-c2cc3c4c(cccc4n2)-c2ccccc2-3)cc1. The van der Waals surface area contributed by atoms with Gasteiger partial charge in [0.25, 0.3) is 0 Å². The van der Waals surface area contributed by atoms with Gasteiger partial charge in [0.2, 0.25) is 0 Å². The number of nitrogens with zero attached hydrogens (tertiary/aromatic N) is 1. The molecule has 1 nitrogen and oxygen atoms in total. The highest BCUT2D eigenvalue weighted by molar-refractivity contribution is 6.14. The van der Waals surface area contributed by atoms with Gasteiger partial charge in [-0.15, -0.1) is 0 Å². The zero-order valence-electron chi connectivity index (χ0n) is 12.9. The molecule has 1 heteroatoms. The van der Waals surface area contributed by atoms with E-state index in [1.165, 1.54) is 38.8 Å². The Morgan fingerprint density at radius 3 is 2.13 bits per heavy atom. The van der Waals surface area contributed by atoms with Gasteiger partial charge in [-0.3, -0.25) is 0 Å². The van der Waals surface area contributed by atoms with E-state index >= 15 is 0 Å². The van der Waals surface area contributed by atoms with E-state index in [2.05, 4.69) is 79.7 Å². The van der Waals surface area contributed by atoms with Crippen molar-refractivity contribution in [2.24, 2.45) is 0 Å². The number of hydrogen-bond acceptors (Lipinski definition) is 1. The third-order valence-corrected chi connectivity index (χ3v) is 4.69. The van der Waals surface area contributed by atoms with Crippen molar-refractivity contribution in [2.45, 2.75) is 6.92 Å². The standard InChI is InChI=1S/C22H15N/c1-14-9-11-15(12-10-14)21-13-19-17-6-3-2-5-16(17)18-7-4-8-20(23-21)22(18)19/h2-13H,1H3. The minimum absolute atomic E-state index is 1.04. The van der Waals surface area contributed by atoms with Crippen molar-refractivity contribution < 1.29 is 0 Å². The number of pyridine rings is 1. The monoisotopic (exact) mass is 293 g/mol. The Balaban J connectivity index is 1.85. The van der Waals surface area contributed by atoms with Crippen LogP contribution in [-0.4, -0.2) is 4.98 Å².